The molecular weight excluding hydrogens is 272 g/mol. The highest BCUT2D eigenvalue weighted by atomic mass is 32.2. The maximum absolute atomic E-state index is 10.9. The molecule has 1 atom stereocenters. The first-order chi connectivity index (χ1) is 9.42. The quantitative estimate of drug-likeness (QED) is 0.687. The smallest absolute Gasteiger partial charge is 0.208 e. The third kappa shape index (κ3) is 7.03. The summed E-state index contributed by atoms with van der Waals surface area (Å²) in [5.74, 6) is 0. The Morgan fingerprint density at radius 1 is 1.15 bits per heavy atom. The molecule has 0 bridgehead atoms. The van der Waals surface area contributed by atoms with Gasteiger partial charge in [-0.2, -0.15) is 0 Å². The van der Waals surface area contributed by atoms with Crippen LogP contribution in [-0.2, 0) is 16.4 Å². The van der Waals surface area contributed by atoms with E-state index in [1.807, 2.05) is 0 Å². The minimum absolute atomic E-state index is 0.219. The van der Waals surface area contributed by atoms with Crippen LogP contribution in [0, 0.1) is 0 Å². The second kappa shape index (κ2) is 8.39. The Bertz CT molecular complexity index is 483. The molecule has 0 saturated carbocycles. The predicted octanol–water partition coefficient (Wildman–Crippen LogP) is 2.23. The summed E-state index contributed by atoms with van der Waals surface area (Å²) in [5.41, 5.74) is 2.60. The summed E-state index contributed by atoms with van der Waals surface area (Å²) in [6, 6.07) is 8.87. The Kier molecular flexibility index (Phi) is 7.19. The minimum Gasteiger partial charge on any atom is -0.309 e. The average molecular weight is 298 g/mol. The molecular formula is C15H26N2O2S. The zero-order valence-corrected chi connectivity index (χ0v) is 13.5. The fourth-order valence-electron chi connectivity index (χ4n) is 2.00. The first-order valence-corrected chi connectivity index (χ1v) is 9.08. The van der Waals surface area contributed by atoms with Crippen LogP contribution in [0.4, 0.5) is 0 Å². The molecule has 1 rings (SSSR count). The molecule has 5 heteroatoms. The van der Waals surface area contributed by atoms with Crippen molar-refractivity contribution < 1.29 is 8.42 Å². The van der Waals surface area contributed by atoms with Gasteiger partial charge < -0.3 is 5.32 Å². The van der Waals surface area contributed by atoms with Gasteiger partial charge in [-0.25, -0.2) is 13.1 Å². The topological polar surface area (TPSA) is 58.2 Å². The molecule has 0 fully saturated rings. The molecule has 0 saturated heterocycles. The molecule has 4 nitrogen and oxygen atoms in total. The molecule has 0 aromatic heterocycles. The highest BCUT2D eigenvalue weighted by Gasteiger charge is 2.05. The summed E-state index contributed by atoms with van der Waals surface area (Å²) in [6.07, 6.45) is 4.75. The monoisotopic (exact) mass is 298 g/mol. The zero-order chi connectivity index (χ0) is 15.0. The van der Waals surface area contributed by atoms with Crippen LogP contribution >= 0.6 is 0 Å². The van der Waals surface area contributed by atoms with Gasteiger partial charge >= 0.3 is 0 Å². The molecule has 114 valence electrons. The lowest BCUT2D eigenvalue weighted by atomic mass is 10.0. The Morgan fingerprint density at radius 2 is 1.80 bits per heavy atom. The first kappa shape index (κ1) is 17.1. The van der Waals surface area contributed by atoms with Crippen LogP contribution < -0.4 is 10.0 Å². The van der Waals surface area contributed by atoms with Gasteiger partial charge in [0, 0.05) is 19.1 Å². The van der Waals surface area contributed by atoms with Gasteiger partial charge in [-0.05, 0) is 30.9 Å². The first-order valence-electron chi connectivity index (χ1n) is 7.19. The van der Waals surface area contributed by atoms with E-state index in [4.69, 9.17) is 0 Å². The van der Waals surface area contributed by atoms with E-state index in [2.05, 4.69) is 48.2 Å². The third-order valence-corrected chi connectivity index (χ3v) is 3.97. The lowest BCUT2D eigenvalue weighted by Gasteiger charge is -2.15. The average Bonchev–Trinajstić information content (AvgIpc) is 2.40. The molecule has 20 heavy (non-hydrogen) atoms. The van der Waals surface area contributed by atoms with E-state index in [9.17, 15) is 8.42 Å². The minimum atomic E-state index is -3.09. The number of aryl methyl sites for hydroxylation is 1. The number of sulfonamides is 1. The van der Waals surface area contributed by atoms with Crippen molar-refractivity contribution >= 4 is 10.0 Å². The van der Waals surface area contributed by atoms with Crippen LogP contribution in [0.2, 0.25) is 0 Å². The maximum atomic E-state index is 10.9. The van der Waals surface area contributed by atoms with Crippen LogP contribution in [0.15, 0.2) is 24.3 Å². The molecule has 0 spiro atoms. The van der Waals surface area contributed by atoms with E-state index in [-0.39, 0.29) is 6.04 Å². The van der Waals surface area contributed by atoms with Gasteiger partial charge in [0.1, 0.15) is 0 Å². The van der Waals surface area contributed by atoms with Crippen molar-refractivity contribution in [2.24, 2.45) is 0 Å². The lowest BCUT2D eigenvalue weighted by molar-refractivity contribution is 0.556. The van der Waals surface area contributed by atoms with Crippen LogP contribution in [0.25, 0.3) is 0 Å². The highest BCUT2D eigenvalue weighted by Crippen LogP contribution is 2.14. The Balaban J connectivity index is 2.37. The van der Waals surface area contributed by atoms with Crippen LogP contribution in [0.5, 0.6) is 0 Å². The fourth-order valence-corrected chi connectivity index (χ4v) is 2.47. The molecule has 0 heterocycles. The molecule has 1 aromatic rings. The second-order valence-electron chi connectivity index (χ2n) is 5.19. The number of nitrogens with one attached hydrogen (secondary N) is 2. The summed E-state index contributed by atoms with van der Waals surface area (Å²) in [7, 11) is -3.09. The third-order valence-electron chi connectivity index (χ3n) is 3.24. The van der Waals surface area contributed by atoms with Gasteiger partial charge in [0.15, 0.2) is 0 Å². The van der Waals surface area contributed by atoms with Crippen molar-refractivity contribution in [3.63, 3.8) is 0 Å². The standard InChI is InChI=1S/C15H26N2O2S/c1-4-5-6-14-7-9-15(10-8-14)13(2)16-11-12-17-20(3,18)19/h7-10,13,16-17H,4-6,11-12H2,1-3H3. The van der Waals surface area contributed by atoms with Crippen molar-refractivity contribution in [2.75, 3.05) is 19.3 Å². The van der Waals surface area contributed by atoms with Crippen molar-refractivity contribution in [1.82, 2.24) is 10.0 Å². The fraction of sp³-hybridized carbons (Fsp3) is 0.600. The number of rotatable bonds is 9. The second-order valence-corrected chi connectivity index (χ2v) is 7.02. The molecule has 0 aliphatic heterocycles. The largest absolute Gasteiger partial charge is 0.309 e. The number of unbranched alkanes of at least 4 members (excludes halogenated alkanes) is 1. The van der Waals surface area contributed by atoms with E-state index < -0.39 is 10.0 Å². The SMILES string of the molecule is CCCCc1ccc(C(C)NCCNS(C)(=O)=O)cc1. The zero-order valence-electron chi connectivity index (χ0n) is 12.6. The van der Waals surface area contributed by atoms with Gasteiger partial charge in [0.05, 0.1) is 6.26 Å². The van der Waals surface area contributed by atoms with E-state index in [1.54, 1.807) is 0 Å². The molecule has 1 unspecified atom stereocenters. The molecule has 0 aliphatic rings. The summed E-state index contributed by atoms with van der Waals surface area (Å²) in [4.78, 5) is 0. The molecule has 1 aromatic carbocycles. The van der Waals surface area contributed by atoms with Crippen molar-refractivity contribution in [3.05, 3.63) is 35.4 Å². The van der Waals surface area contributed by atoms with Crippen LogP contribution in [-0.4, -0.2) is 27.8 Å². The Labute approximate surface area is 123 Å². The van der Waals surface area contributed by atoms with E-state index >= 15 is 0 Å². The summed E-state index contributed by atoms with van der Waals surface area (Å²) < 4.78 is 24.3. The van der Waals surface area contributed by atoms with Gasteiger partial charge in [0.2, 0.25) is 10.0 Å². The highest BCUT2D eigenvalue weighted by molar-refractivity contribution is 7.88. The molecule has 0 radical (unpaired) electrons. The van der Waals surface area contributed by atoms with Gasteiger partial charge in [-0.1, -0.05) is 37.6 Å². The van der Waals surface area contributed by atoms with Crippen molar-refractivity contribution in [3.8, 4) is 0 Å². The predicted molar refractivity (Wildman–Crippen MR) is 84.3 cm³/mol. The Hall–Kier alpha value is -0.910. The summed E-state index contributed by atoms with van der Waals surface area (Å²) in [5, 5.41) is 3.31. The normalized spacial score (nSPS) is 13.3. The van der Waals surface area contributed by atoms with E-state index in [0.717, 1.165) is 6.42 Å². The van der Waals surface area contributed by atoms with Gasteiger partial charge in [0.25, 0.3) is 0 Å². The summed E-state index contributed by atoms with van der Waals surface area (Å²) in [6.45, 7) is 5.32. The number of hydrogen-bond donors (Lipinski definition) is 2. The summed E-state index contributed by atoms with van der Waals surface area (Å²) >= 11 is 0. The lowest BCUT2D eigenvalue weighted by Crippen LogP contribution is -2.32. The molecule has 2 N–H and O–H groups in total. The van der Waals surface area contributed by atoms with E-state index in [1.165, 1.54) is 30.2 Å². The van der Waals surface area contributed by atoms with Crippen LogP contribution in [0.1, 0.15) is 43.9 Å². The van der Waals surface area contributed by atoms with Crippen molar-refractivity contribution in [1.29, 1.82) is 0 Å². The van der Waals surface area contributed by atoms with Crippen molar-refractivity contribution in [2.45, 2.75) is 39.2 Å². The Morgan fingerprint density at radius 3 is 2.35 bits per heavy atom. The molecule has 0 aliphatic carbocycles. The van der Waals surface area contributed by atoms with Gasteiger partial charge in [-0.15, -0.1) is 0 Å². The van der Waals surface area contributed by atoms with Crippen LogP contribution in [0.3, 0.4) is 0 Å². The van der Waals surface area contributed by atoms with Gasteiger partial charge in [-0.3, -0.25) is 0 Å². The van der Waals surface area contributed by atoms with E-state index in [0.29, 0.717) is 13.1 Å². The number of benzene rings is 1. The maximum Gasteiger partial charge on any atom is 0.208 e. The number of hydrogen-bond acceptors (Lipinski definition) is 3. The molecule has 0 amide bonds.